The van der Waals surface area contributed by atoms with Crippen molar-refractivity contribution in [3.05, 3.63) is 12.3 Å². The maximum Gasteiger partial charge on any atom is 0.216 e. The molecular weight excluding hydrogens is 182 g/mol. The molecule has 0 aromatic carbocycles. The molecule has 0 spiro atoms. The summed E-state index contributed by atoms with van der Waals surface area (Å²) >= 11 is 0. The Hall–Kier alpha value is -1.52. The third kappa shape index (κ3) is 1.86. The highest BCUT2D eigenvalue weighted by atomic mass is 16.5. The maximum absolute atomic E-state index is 10.7. The number of amides is 1. The van der Waals surface area contributed by atoms with E-state index in [1.165, 1.54) is 6.92 Å². The third-order valence-electron chi connectivity index (χ3n) is 2.22. The molecule has 0 aliphatic carbocycles. The first-order valence-corrected chi connectivity index (χ1v) is 4.65. The second-order valence-corrected chi connectivity index (χ2v) is 3.47. The number of hydrogen-bond donors (Lipinski definition) is 1. The number of hydrogen-bond acceptors (Lipinski definition) is 3. The minimum atomic E-state index is -0.00346. The highest BCUT2D eigenvalue weighted by molar-refractivity contribution is 5.72. The second kappa shape index (κ2) is 3.69. The van der Waals surface area contributed by atoms with Crippen LogP contribution in [0.2, 0.25) is 0 Å². The van der Waals surface area contributed by atoms with Gasteiger partial charge >= 0.3 is 0 Å². The zero-order valence-corrected chi connectivity index (χ0v) is 8.06. The highest BCUT2D eigenvalue weighted by Gasteiger charge is 2.19. The highest BCUT2D eigenvalue weighted by Crippen LogP contribution is 2.18. The van der Waals surface area contributed by atoms with Crippen LogP contribution in [-0.2, 0) is 11.3 Å². The van der Waals surface area contributed by atoms with E-state index in [0.717, 1.165) is 12.4 Å². The van der Waals surface area contributed by atoms with Crippen molar-refractivity contribution in [2.75, 3.05) is 13.2 Å². The number of nitrogens with zero attached hydrogens (tertiary/aromatic N) is 2. The summed E-state index contributed by atoms with van der Waals surface area (Å²) in [5.41, 5.74) is 0. The van der Waals surface area contributed by atoms with Gasteiger partial charge in [-0.25, -0.2) is 4.68 Å². The summed E-state index contributed by atoms with van der Waals surface area (Å²) in [6, 6.07) is 1.84. The lowest BCUT2D eigenvalue weighted by atomic mass is 10.1. The summed E-state index contributed by atoms with van der Waals surface area (Å²) < 4.78 is 7.27. The van der Waals surface area contributed by atoms with Crippen molar-refractivity contribution >= 4 is 5.91 Å². The van der Waals surface area contributed by atoms with E-state index in [4.69, 9.17) is 4.74 Å². The Labute approximate surface area is 82.0 Å². The standard InChI is InChI=1S/C9H13N3O2/c1-7(13)10-4-8-5-12-9(14-6-8)2-3-11-12/h2-3,8H,4-6H2,1H3,(H,10,13). The first-order chi connectivity index (χ1) is 6.75. The van der Waals surface area contributed by atoms with E-state index in [-0.39, 0.29) is 5.91 Å². The third-order valence-corrected chi connectivity index (χ3v) is 2.22. The molecule has 5 heteroatoms. The molecule has 2 rings (SSSR count). The smallest absolute Gasteiger partial charge is 0.216 e. The van der Waals surface area contributed by atoms with Crippen molar-refractivity contribution in [1.29, 1.82) is 0 Å². The van der Waals surface area contributed by atoms with Crippen molar-refractivity contribution in [2.45, 2.75) is 13.5 Å². The predicted octanol–water partition coefficient (Wildman–Crippen LogP) is 0.0278. The van der Waals surface area contributed by atoms with Crippen LogP contribution in [0.3, 0.4) is 0 Å². The number of ether oxygens (including phenoxy) is 1. The molecule has 1 amide bonds. The van der Waals surface area contributed by atoms with Gasteiger partial charge in [0, 0.05) is 25.5 Å². The van der Waals surface area contributed by atoms with E-state index in [9.17, 15) is 4.79 Å². The molecule has 1 aliphatic heterocycles. The van der Waals surface area contributed by atoms with Crippen LogP contribution in [0.15, 0.2) is 12.3 Å². The lowest BCUT2D eigenvalue weighted by Gasteiger charge is -2.23. The molecular formula is C9H13N3O2. The zero-order chi connectivity index (χ0) is 9.97. The Morgan fingerprint density at radius 2 is 2.71 bits per heavy atom. The molecule has 1 aromatic rings. The lowest BCUT2D eigenvalue weighted by Crippen LogP contribution is -2.35. The van der Waals surface area contributed by atoms with Gasteiger partial charge in [-0.1, -0.05) is 0 Å². The molecule has 0 saturated carbocycles. The van der Waals surface area contributed by atoms with E-state index in [1.807, 2.05) is 10.7 Å². The molecule has 0 saturated heterocycles. The summed E-state index contributed by atoms with van der Waals surface area (Å²) in [5, 5.41) is 6.89. The summed E-state index contributed by atoms with van der Waals surface area (Å²) in [5.74, 6) is 1.12. The Bertz CT molecular complexity index is 335. The van der Waals surface area contributed by atoms with E-state index >= 15 is 0 Å². The topological polar surface area (TPSA) is 56.1 Å². The number of carbonyl (C=O) groups is 1. The first kappa shape index (κ1) is 9.05. The molecule has 1 aliphatic rings. The van der Waals surface area contributed by atoms with Crippen LogP contribution in [0.4, 0.5) is 0 Å². The van der Waals surface area contributed by atoms with Gasteiger partial charge in [-0.3, -0.25) is 4.79 Å². The van der Waals surface area contributed by atoms with Crippen LogP contribution in [0, 0.1) is 5.92 Å². The Morgan fingerprint density at radius 3 is 3.50 bits per heavy atom. The number of fused-ring (bicyclic) bond motifs is 1. The molecule has 0 fully saturated rings. The van der Waals surface area contributed by atoms with Crippen molar-refractivity contribution in [3.8, 4) is 5.88 Å². The fourth-order valence-corrected chi connectivity index (χ4v) is 1.49. The number of nitrogens with one attached hydrogen (secondary N) is 1. The Balaban J connectivity index is 1.91. The molecule has 1 unspecified atom stereocenters. The van der Waals surface area contributed by atoms with E-state index in [2.05, 4.69) is 10.4 Å². The molecule has 5 nitrogen and oxygen atoms in total. The minimum absolute atomic E-state index is 0.00346. The summed E-state index contributed by atoms with van der Waals surface area (Å²) in [7, 11) is 0. The fourth-order valence-electron chi connectivity index (χ4n) is 1.49. The summed E-state index contributed by atoms with van der Waals surface area (Å²) in [6.07, 6.45) is 1.72. The van der Waals surface area contributed by atoms with Crippen LogP contribution in [0.5, 0.6) is 5.88 Å². The van der Waals surface area contributed by atoms with E-state index in [1.54, 1.807) is 6.20 Å². The van der Waals surface area contributed by atoms with Crippen molar-refractivity contribution in [2.24, 2.45) is 5.92 Å². The van der Waals surface area contributed by atoms with Gasteiger partial charge in [-0.05, 0) is 0 Å². The average Bonchev–Trinajstić information content (AvgIpc) is 2.61. The van der Waals surface area contributed by atoms with Gasteiger partial charge in [0.1, 0.15) is 0 Å². The maximum atomic E-state index is 10.7. The average molecular weight is 195 g/mol. The Kier molecular flexibility index (Phi) is 2.39. The Morgan fingerprint density at radius 1 is 1.86 bits per heavy atom. The minimum Gasteiger partial charge on any atom is -0.477 e. The SMILES string of the molecule is CC(=O)NCC1COc2ccnn2C1. The molecule has 0 radical (unpaired) electrons. The second-order valence-electron chi connectivity index (χ2n) is 3.47. The quantitative estimate of drug-likeness (QED) is 0.724. The van der Waals surface area contributed by atoms with Gasteiger partial charge in [-0.15, -0.1) is 0 Å². The molecule has 76 valence electrons. The summed E-state index contributed by atoms with van der Waals surface area (Å²) in [6.45, 7) is 3.62. The van der Waals surface area contributed by atoms with E-state index in [0.29, 0.717) is 19.1 Å². The van der Waals surface area contributed by atoms with Gasteiger partial charge in [0.15, 0.2) is 0 Å². The van der Waals surface area contributed by atoms with Crippen LogP contribution >= 0.6 is 0 Å². The lowest BCUT2D eigenvalue weighted by molar-refractivity contribution is -0.119. The number of carbonyl (C=O) groups excluding carboxylic acids is 1. The molecule has 14 heavy (non-hydrogen) atoms. The van der Waals surface area contributed by atoms with Crippen molar-refractivity contribution in [1.82, 2.24) is 15.1 Å². The van der Waals surface area contributed by atoms with Crippen molar-refractivity contribution in [3.63, 3.8) is 0 Å². The fraction of sp³-hybridized carbons (Fsp3) is 0.556. The zero-order valence-electron chi connectivity index (χ0n) is 8.06. The van der Waals surface area contributed by atoms with Crippen molar-refractivity contribution < 1.29 is 9.53 Å². The molecule has 1 atom stereocenters. The molecule has 1 N–H and O–H groups in total. The number of rotatable bonds is 2. The first-order valence-electron chi connectivity index (χ1n) is 4.65. The van der Waals surface area contributed by atoms with E-state index < -0.39 is 0 Å². The molecule has 0 bridgehead atoms. The van der Waals surface area contributed by atoms with Crippen LogP contribution in [0.25, 0.3) is 0 Å². The van der Waals surface area contributed by atoms with Crippen LogP contribution in [0.1, 0.15) is 6.92 Å². The molecule has 1 aromatic heterocycles. The van der Waals surface area contributed by atoms with Crippen LogP contribution < -0.4 is 10.1 Å². The number of aromatic nitrogens is 2. The van der Waals surface area contributed by atoms with Crippen LogP contribution in [-0.4, -0.2) is 28.8 Å². The monoisotopic (exact) mass is 195 g/mol. The van der Waals surface area contributed by atoms with Gasteiger partial charge in [0.05, 0.1) is 19.3 Å². The molecule has 2 heterocycles. The van der Waals surface area contributed by atoms with Gasteiger partial charge in [0.25, 0.3) is 0 Å². The normalized spacial score (nSPS) is 19.6. The van der Waals surface area contributed by atoms with Gasteiger partial charge in [-0.2, -0.15) is 5.10 Å². The predicted molar refractivity (Wildman–Crippen MR) is 49.9 cm³/mol. The largest absolute Gasteiger partial charge is 0.477 e. The van der Waals surface area contributed by atoms with Gasteiger partial charge < -0.3 is 10.1 Å². The summed E-state index contributed by atoms with van der Waals surface area (Å²) in [4.78, 5) is 10.7. The van der Waals surface area contributed by atoms with Gasteiger partial charge in [0.2, 0.25) is 11.8 Å².